The Balaban J connectivity index is 1.80. The molecular formula is C25H30O2Si. The SMILES string of the molecule is C[C@H]1CCC[C@]2(O[C@H]2c2ccccc2)[C@]1(C#Cc1ccccc1)O[Si](C)(C)C. The van der Waals surface area contributed by atoms with Gasteiger partial charge in [-0.25, -0.2) is 0 Å². The third kappa shape index (κ3) is 3.46. The predicted molar refractivity (Wildman–Crippen MR) is 116 cm³/mol. The monoisotopic (exact) mass is 390 g/mol. The van der Waals surface area contributed by atoms with E-state index in [0.717, 1.165) is 24.8 Å². The van der Waals surface area contributed by atoms with E-state index >= 15 is 0 Å². The van der Waals surface area contributed by atoms with Crippen LogP contribution in [0, 0.1) is 17.8 Å². The molecule has 0 N–H and O–H groups in total. The number of hydrogen-bond acceptors (Lipinski definition) is 2. The molecule has 2 aromatic rings. The molecule has 0 amide bonds. The number of ether oxygens (including phenoxy) is 1. The summed E-state index contributed by atoms with van der Waals surface area (Å²) in [6.45, 7) is 9.07. The molecule has 1 aliphatic heterocycles. The van der Waals surface area contributed by atoms with E-state index in [9.17, 15) is 0 Å². The van der Waals surface area contributed by atoms with Crippen LogP contribution in [0.25, 0.3) is 0 Å². The van der Waals surface area contributed by atoms with Crippen molar-refractivity contribution in [2.24, 2.45) is 5.92 Å². The molecule has 1 aliphatic carbocycles. The third-order valence-corrected chi connectivity index (χ3v) is 6.87. The topological polar surface area (TPSA) is 21.8 Å². The molecule has 2 aromatic carbocycles. The van der Waals surface area contributed by atoms with Crippen LogP contribution in [0.15, 0.2) is 60.7 Å². The first-order valence-electron chi connectivity index (χ1n) is 10.4. The Labute approximate surface area is 170 Å². The van der Waals surface area contributed by atoms with Gasteiger partial charge in [-0.1, -0.05) is 67.3 Å². The second-order valence-electron chi connectivity index (χ2n) is 9.16. The van der Waals surface area contributed by atoms with Gasteiger partial charge in [0.2, 0.25) is 0 Å². The summed E-state index contributed by atoms with van der Waals surface area (Å²) in [6, 6.07) is 20.8. The lowest BCUT2D eigenvalue weighted by Crippen LogP contribution is -2.58. The largest absolute Gasteiger partial charge is 0.399 e. The second kappa shape index (κ2) is 7.19. The van der Waals surface area contributed by atoms with Crippen LogP contribution in [-0.4, -0.2) is 19.5 Å². The molecule has 0 radical (unpaired) electrons. The summed E-state index contributed by atoms with van der Waals surface area (Å²) in [5.41, 5.74) is 1.37. The van der Waals surface area contributed by atoms with Crippen molar-refractivity contribution < 1.29 is 9.16 Å². The molecule has 4 rings (SSSR count). The summed E-state index contributed by atoms with van der Waals surface area (Å²) < 4.78 is 13.5. The van der Waals surface area contributed by atoms with E-state index in [2.05, 4.69) is 80.9 Å². The highest BCUT2D eigenvalue weighted by Gasteiger charge is 2.73. The highest BCUT2D eigenvalue weighted by Crippen LogP contribution is 2.64. The fourth-order valence-electron chi connectivity index (χ4n) is 4.70. The van der Waals surface area contributed by atoms with Gasteiger partial charge in [-0.2, -0.15) is 0 Å². The van der Waals surface area contributed by atoms with Gasteiger partial charge in [0.05, 0.1) is 0 Å². The zero-order valence-electron chi connectivity index (χ0n) is 17.4. The van der Waals surface area contributed by atoms with Crippen molar-refractivity contribution in [2.45, 2.75) is 63.1 Å². The minimum atomic E-state index is -1.86. The quantitative estimate of drug-likeness (QED) is 0.366. The Morgan fingerprint density at radius 3 is 2.29 bits per heavy atom. The summed E-state index contributed by atoms with van der Waals surface area (Å²) in [5, 5.41) is 0. The van der Waals surface area contributed by atoms with E-state index in [1.54, 1.807) is 0 Å². The maximum Gasteiger partial charge on any atom is 0.185 e. The molecule has 1 saturated carbocycles. The Hall–Kier alpha value is -1.86. The molecule has 146 valence electrons. The van der Waals surface area contributed by atoms with E-state index < -0.39 is 13.9 Å². The minimum Gasteiger partial charge on any atom is -0.399 e. The van der Waals surface area contributed by atoms with E-state index in [4.69, 9.17) is 9.16 Å². The van der Waals surface area contributed by atoms with Crippen molar-refractivity contribution in [3.8, 4) is 11.8 Å². The first-order chi connectivity index (χ1) is 13.4. The van der Waals surface area contributed by atoms with Crippen molar-refractivity contribution >= 4 is 8.32 Å². The molecule has 0 aromatic heterocycles. The third-order valence-electron chi connectivity index (χ3n) is 5.94. The molecule has 2 fully saturated rings. The van der Waals surface area contributed by atoms with Gasteiger partial charge >= 0.3 is 0 Å². The van der Waals surface area contributed by atoms with Gasteiger partial charge < -0.3 is 9.16 Å². The molecule has 2 aliphatic rings. The van der Waals surface area contributed by atoms with Gasteiger partial charge in [0.25, 0.3) is 0 Å². The molecule has 1 heterocycles. The molecule has 1 spiro atoms. The van der Waals surface area contributed by atoms with Gasteiger partial charge in [-0.15, -0.1) is 0 Å². The molecule has 2 nitrogen and oxygen atoms in total. The summed E-state index contributed by atoms with van der Waals surface area (Å²) in [5.74, 6) is 7.42. The summed E-state index contributed by atoms with van der Waals surface area (Å²) in [4.78, 5) is 0. The second-order valence-corrected chi connectivity index (χ2v) is 13.6. The molecule has 28 heavy (non-hydrogen) atoms. The van der Waals surface area contributed by atoms with E-state index in [0.29, 0.717) is 5.92 Å². The Kier molecular flexibility index (Phi) is 4.99. The van der Waals surface area contributed by atoms with Crippen molar-refractivity contribution in [1.29, 1.82) is 0 Å². The Morgan fingerprint density at radius 2 is 1.64 bits per heavy atom. The van der Waals surface area contributed by atoms with Crippen molar-refractivity contribution in [2.75, 3.05) is 0 Å². The number of hydrogen-bond donors (Lipinski definition) is 0. The fraction of sp³-hybridized carbons (Fsp3) is 0.440. The molecule has 4 atom stereocenters. The Morgan fingerprint density at radius 1 is 1.00 bits per heavy atom. The molecular weight excluding hydrogens is 360 g/mol. The lowest BCUT2D eigenvalue weighted by Gasteiger charge is -2.47. The molecule has 1 saturated heterocycles. The standard InChI is InChI=1S/C25H30O2Si/c1-20-12-11-18-25(23(26-25)22-15-9-6-10-16-22)24(20,27-28(2,3)4)19-17-21-13-7-5-8-14-21/h5-10,13-16,20,23H,11-12,18H2,1-4H3/t20-,23-,24+,25+/m0/s1. The van der Waals surface area contributed by atoms with E-state index in [1.165, 1.54) is 5.56 Å². The maximum absolute atomic E-state index is 6.97. The van der Waals surface area contributed by atoms with Gasteiger partial charge in [-0.05, 0) is 62.5 Å². The Bertz CT molecular complexity index is 878. The number of benzene rings is 2. The average molecular weight is 391 g/mol. The van der Waals surface area contributed by atoms with E-state index in [1.807, 2.05) is 18.2 Å². The smallest absolute Gasteiger partial charge is 0.185 e. The van der Waals surface area contributed by atoms with E-state index in [-0.39, 0.29) is 11.7 Å². The first-order valence-corrected chi connectivity index (χ1v) is 13.8. The van der Waals surface area contributed by atoms with Crippen LogP contribution in [0.1, 0.15) is 43.4 Å². The predicted octanol–water partition coefficient (Wildman–Crippen LogP) is 5.96. The number of rotatable bonds is 3. The summed E-state index contributed by atoms with van der Waals surface area (Å²) in [6.07, 6.45) is 3.36. The van der Waals surface area contributed by atoms with Crippen LogP contribution < -0.4 is 0 Å². The first kappa shape index (κ1) is 19.5. The van der Waals surface area contributed by atoms with Crippen molar-refractivity contribution in [3.63, 3.8) is 0 Å². The zero-order valence-corrected chi connectivity index (χ0v) is 18.4. The summed E-state index contributed by atoms with van der Waals surface area (Å²) >= 11 is 0. The maximum atomic E-state index is 6.97. The lowest BCUT2D eigenvalue weighted by atomic mass is 9.66. The molecule has 0 bridgehead atoms. The summed E-state index contributed by atoms with van der Waals surface area (Å²) in [7, 11) is -1.86. The lowest BCUT2D eigenvalue weighted by molar-refractivity contribution is -0.0421. The normalized spacial score (nSPS) is 31.9. The van der Waals surface area contributed by atoms with Gasteiger partial charge in [0.1, 0.15) is 11.7 Å². The van der Waals surface area contributed by atoms with Crippen LogP contribution in [0.3, 0.4) is 0 Å². The van der Waals surface area contributed by atoms with Crippen LogP contribution >= 0.6 is 0 Å². The van der Waals surface area contributed by atoms with Gasteiger partial charge in [0, 0.05) is 5.56 Å². The average Bonchev–Trinajstić information content (AvgIpc) is 3.40. The van der Waals surface area contributed by atoms with Crippen LogP contribution in [0.4, 0.5) is 0 Å². The molecule has 3 heteroatoms. The zero-order chi connectivity index (χ0) is 19.8. The molecule has 0 unspecified atom stereocenters. The van der Waals surface area contributed by atoms with Crippen LogP contribution in [0.5, 0.6) is 0 Å². The van der Waals surface area contributed by atoms with Crippen molar-refractivity contribution in [3.05, 3.63) is 71.8 Å². The van der Waals surface area contributed by atoms with Gasteiger partial charge in [0.15, 0.2) is 13.9 Å². The number of epoxide rings is 1. The van der Waals surface area contributed by atoms with Crippen LogP contribution in [0.2, 0.25) is 19.6 Å². The fourth-order valence-corrected chi connectivity index (χ4v) is 6.09. The highest BCUT2D eigenvalue weighted by molar-refractivity contribution is 6.69. The van der Waals surface area contributed by atoms with Crippen LogP contribution in [-0.2, 0) is 9.16 Å². The van der Waals surface area contributed by atoms with Crippen molar-refractivity contribution in [1.82, 2.24) is 0 Å². The highest BCUT2D eigenvalue weighted by atomic mass is 28.4. The van der Waals surface area contributed by atoms with Gasteiger partial charge in [-0.3, -0.25) is 0 Å². The minimum absolute atomic E-state index is 0.0675.